The standard InChI is InChI=1S/C15H17NO2S/c17-14(15-6-3-7-18-15)8-16-13-10-19-9-11-4-1-2-5-12(11)13/h1-7,13-14,16-17H,8-10H2/t13-,14+/m0/s1. The Bertz CT molecular complexity index is 527. The summed E-state index contributed by atoms with van der Waals surface area (Å²) in [5, 5.41) is 13.5. The van der Waals surface area contributed by atoms with Crippen LogP contribution < -0.4 is 5.32 Å². The van der Waals surface area contributed by atoms with E-state index in [0.717, 1.165) is 11.5 Å². The molecule has 3 rings (SSSR count). The summed E-state index contributed by atoms with van der Waals surface area (Å²) in [5.74, 6) is 2.74. The molecule has 100 valence electrons. The van der Waals surface area contributed by atoms with Crippen molar-refractivity contribution >= 4 is 11.8 Å². The molecule has 1 aromatic carbocycles. The summed E-state index contributed by atoms with van der Waals surface area (Å²) in [5.41, 5.74) is 2.75. The molecular weight excluding hydrogens is 258 g/mol. The fraction of sp³-hybridized carbons (Fsp3) is 0.333. The molecule has 1 aromatic heterocycles. The Kier molecular flexibility index (Phi) is 3.92. The first kappa shape index (κ1) is 12.8. The van der Waals surface area contributed by atoms with Gasteiger partial charge in [0.05, 0.1) is 6.26 Å². The molecule has 0 saturated heterocycles. The number of nitrogens with one attached hydrogen (secondary N) is 1. The van der Waals surface area contributed by atoms with Crippen LogP contribution in [0.25, 0.3) is 0 Å². The summed E-state index contributed by atoms with van der Waals surface area (Å²) in [7, 11) is 0. The highest BCUT2D eigenvalue weighted by Crippen LogP contribution is 2.31. The van der Waals surface area contributed by atoms with Crippen LogP contribution in [0.3, 0.4) is 0 Å². The average molecular weight is 275 g/mol. The minimum absolute atomic E-state index is 0.305. The molecule has 2 heterocycles. The van der Waals surface area contributed by atoms with Crippen molar-refractivity contribution in [1.29, 1.82) is 0 Å². The lowest BCUT2D eigenvalue weighted by atomic mass is 10.0. The molecule has 0 bridgehead atoms. The molecule has 2 atom stereocenters. The van der Waals surface area contributed by atoms with Gasteiger partial charge < -0.3 is 14.8 Å². The third-order valence-electron chi connectivity index (χ3n) is 3.40. The largest absolute Gasteiger partial charge is 0.467 e. The Morgan fingerprint density at radius 2 is 2.21 bits per heavy atom. The molecule has 2 aromatic rings. The zero-order valence-corrected chi connectivity index (χ0v) is 11.4. The normalized spacial score (nSPS) is 19.9. The van der Waals surface area contributed by atoms with E-state index >= 15 is 0 Å². The Balaban J connectivity index is 1.65. The quantitative estimate of drug-likeness (QED) is 0.900. The predicted molar refractivity (Wildman–Crippen MR) is 77.0 cm³/mol. The number of fused-ring (bicyclic) bond motifs is 1. The lowest BCUT2D eigenvalue weighted by Gasteiger charge is -2.26. The Labute approximate surface area is 117 Å². The Morgan fingerprint density at radius 3 is 3.05 bits per heavy atom. The van der Waals surface area contributed by atoms with Gasteiger partial charge in [0.1, 0.15) is 11.9 Å². The van der Waals surface area contributed by atoms with Crippen LogP contribution >= 0.6 is 11.8 Å². The number of benzene rings is 1. The second-order valence-electron chi connectivity index (χ2n) is 4.71. The van der Waals surface area contributed by atoms with E-state index in [1.165, 1.54) is 11.1 Å². The van der Waals surface area contributed by atoms with Crippen molar-refractivity contribution in [3.05, 3.63) is 59.5 Å². The highest BCUT2D eigenvalue weighted by Gasteiger charge is 2.21. The average Bonchev–Trinajstić information content (AvgIpc) is 2.99. The molecule has 0 saturated carbocycles. The van der Waals surface area contributed by atoms with E-state index in [1.54, 1.807) is 18.4 Å². The van der Waals surface area contributed by atoms with Crippen molar-refractivity contribution in [3.8, 4) is 0 Å². The smallest absolute Gasteiger partial charge is 0.133 e. The van der Waals surface area contributed by atoms with Crippen molar-refractivity contribution in [3.63, 3.8) is 0 Å². The van der Waals surface area contributed by atoms with Crippen LogP contribution in [-0.4, -0.2) is 17.4 Å². The van der Waals surface area contributed by atoms with E-state index in [2.05, 4.69) is 29.6 Å². The Hall–Kier alpha value is -1.23. The zero-order chi connectivity index (χ0) is 13.1. The number of rotatable bonds is 4. The molecule has 2 N–H and O–H groups in total. The van der Waals surface area contributed by atoms with E-state index in [0.29, 0.717) is 18.3 Å². The fourth-order valence-electron chi connectivity index (χ4n) is 2.39. The maximum Gasteiger partial charge on any atom is 0.133 e. The summed E-state index contributed by atoms with van der Waals surface area (Å²) >= 11 is 1.93. The van der Waals surface area contributed by atoms with E-state index in [4.69, 9.17) is 4.42 Å². The van der Waals surface area contributed by atoms with Gasteiger partial charge in [0.25, 0.3) is 0 Å². The van der Waals surface area contributed by atoms with Gasteiger partial charge in [0.15, 0.2) is 0 Å². The highest BCUT2D eigenvalue weighted by atomic mass is 32.2. The molecule has 1 aliphatic rings. The summed E-state index contributed by atoms with van der Waals surface area (Å²) in [6.45, 7) is 0.507. The van der Waals surface area contributed by atoms with Crippen LogP contribution in [0.2, 0.25) is 0 Å². The molecule has 0 radical (unpaired) electrons. The SMILES string of the molecule is O[C@H](CN[C@H]1CSCc2ccccc21)c1ccco1. The Morgan fingerprint density at radius 1 is 1.32 bits per heavy atom. The molecule has 0 aliphatic carbocycles. The molecular formula is C15H17NO2S. The number of furan rings is 1. The summed E-state index contributed by atoms with van der Waals surface area (Å²) in [4.78, 5) is 0. The molecule has 0 spiro atoms. The zero-order valence-electron chi connectivity index (χ0n) is 10.6. The summed E-state index contributed by atoms with van der Waals surface area (Å²) in [6.07, 6.45) is 0.999. The summed E-state index contributed by atoms with van der Waals surface area (Å²) < 4.78 is 5.21. The van der Waals surface area contributed by atoms with Crippen LogP contribution in [0.1, 0.15) is 29.0 Å². The van der Waals surface area contributed by atoms with Crippen LogP contribution in [0.5, 0.6) is 0 Å². The molecule has 0 unspecified atom stereocenters. The van der Waals surface area contributed by atoms with Crippen molar-refractivity contribution < 1.29 is 9.52 Å². The van der Waals surface area contributed by atoms with Gasteiger partial charge in [-0.1, -0.05) is 24.3 Å². The first-order valence-electron chi connectivity index (χ1n) is 6.45. The minimum Gasteiger partial charge on any atom is -0.467 e. The predicted octanol–water partition coefficient (Wildman–Crippen LogP) is 2.89. The number of aliphatic hydroxyl groups is 1. The van der Waals surface area contributed by atoms with Gasteiger partial charge >= 0.3 is 0 Å². The van der Waals surface area contributed by atoms with Crippen LogP contribution in [0.4, 0.5) is 0 Å². The lowest BCUT2D eigenvalue weighted by molar-refractivity contribution is 0.144. The second-order valence-corrected chi connectivity index (χ2v) is 5.74. The van der Waals surface area contributed by atoms with E-state index in [1.807, 2.05) is 11.8 Å². The number of hydrogen-bond donors (Lipinski definition) is 2. The van der Waals surface area contributed by atoms with Gasteiger partial charge in [-0.3, -0.25) is 0 Å². The molecule has 0 amide bonds. The van der Waals surface area contributed by atoms with E-state index in [9.17, 15) is 5.11 Å². The van der Waals surface area contributed by atoms with Gasteiger partial charge in [0.2, 0.25) is 0 Å². The molecule has 3 nitrogen and oxygen atoms in total. The van der Waals surface area contributed by atoms with Crippen molar-refractivity contribution in [2.75, 3.05) is 12.3 Å². The van der Waals surface area contributed by atoms with Gasteiger partial charge in [-0.05, 0) is 23.3 Å². The van der Waals surface area contributed by atoms with Gasteiger partial charge in [-0.15, -0.1) is 0 Å². The third kappa shape index (κ3) is 2.86. The molecule has 19 heavy (non-hydrogen) atoms. The van der Waals surface area contributed by atoms with Crippen LogP contribution in [0.15, 0.2) is 47.1 Å². The number of aliphatic hydroxyl groups excluding tert-OH is 1. The number of hydrogen-bond acceptors (Lipinski definition) is 4. The van der Waals surface area contributed by atoms with Gasteiger partial charge in [-0.25, -0.2) is 0 Å². The topological polar surface area (TPSA) is 45.4 Å². The third-order valence-corrected chi connectivity index (χ3v) is 4.49. The van der Waals surface area contributed by atoms with Crippen LogP contribution in [0, 0.1) is 0 Å². The number of thioether (sulfide) groups is 1. The van der Waals surface area contributed by atoms with Crippen molar-refractivity contribution in [2.45, 2.75) is 17.9 Å². The maximum atomic E-state index is 10.0. The second kappa shape index (κ2) is 5.82. The van der Waals surface area contributed by atoms with Crippen molar-refractivity contribution in [2.24, 2.45) is 0 Å². The fourth-order valence-corrected chi connectivity index (χ4v) is 3.52. The van der Waals surface area contributed by atoms with Crippen molar-refractivity contribution in [1.82, 2.24) is 5.32 Å². The molecule has 1 aliphatic heterocycles. The maximum absolute atomic E-state index is 10.0. The molecule has 0 fully saturated rings. The first-order valence-corrected chi connectivity index (χ1v) is 7.60. The lowest BCUT2D eigenvalue weighted by Crippen LogP contribution is -2.30. The summed E-state index contributed by atoms with van der Waals surface area (Å²) in [6, 6.07) is 12.4. The minimum atomic E-state index is -0.589. The van der Waals surface area contributed by atoms with Gasteiger partial charge in [-0.2, -0.15) is 11.8 Å². The first-order chi connectivity index (χ1) is 9.34. The van der Waals surface area contributed by atoms with Crippen LogP contribution in [-0.2, 0) is 5.75 Å². The van der Waals surface area contributed by atoms with E-state index < -0.39 is 6.10 Å². The molecule has 4 heteroatoms. The highest BCUT2D eigenvalue weighted by molar-refractivity contribution is 7.98. The monoisotopic (exact) mass is 275 g/mol. The van der Waals surface area contributed by atoms with E-state index in [-0.39, 0.29) is 0 Å². The van der Waals surface area contributed by atoms with Gasteiger partial charge in [0, 0.05) is 24.1 Å².